The fraction of sp³-hybridized carbons (Fsp3) is 0.632. The summed E-state index contributed by atoms with van der Waals surface area (Å²) in [5.74, 6) is -0.173. The van der Waals surface area contributed by atoms with Crippen molar-refractivity contribution >= 4 is 5.91 Å². The minimum Gasteiger partial charge on any atom is -0.385 e. The van der Waals surface area contributed by atoms with Gasteiger partial charge in [0.05, 0.1) is 12.0 Å². The largest absolute Gasteiger partial charge is 0.385 e. The summed E-state index contributed by atoms with van der Waals surface area (Å²) in [5.41, 5.74) is -0.731. The van der Waals surface area contributed by atoms with Gasteiger partial charge in [0, 0.05) is 20.3 Å². The van der Waals surface area contributed by atoms with Gasteiger partial charge in [0.2, 0.25) is 5.91 Å². The normalized spacial score (nSPS) is 26.0. The minimum atomic E-state index is -1.08. The van der Waals surface area contributed by atoms with Gasteiger partial charge in [0.15, 0.2) is 0 Å². The molecule has 1 unspecified atom stereocenters. The highest BCUT2D eigenvalue weighted by Crippen LogP contribution is 2.44. The second-order valence-corrected chi connectivity index (χ2v) is 7.25. The maximum atomic E-state index is 13.1. The van der Waals surface area contributed by atoms with Gasteiger partial charge in [-0.1, -0.05) is 25.0 Å². The van der Waals surface area contributed by atoms with Crippen molar-refractivity contribution in [2.24, 2.45) is 5.41 Å². The van der Waals surface area contributed by atoms with Crippen LogP contribution in [0.25, 0.3) is 0 Å². The van der Waals surface area contributed by atoms with Crippen LogP contribution >= 0.6 is 0 Å². The van der Waals surface area contributed by atoms with Crippen LogP contribution in [0.3, 0.4) is 0 Å². The number of carbonyl (C=O) groups is 1. The van der Waals surface area contributed by atoms with Crippen molar-refractivity contribution in [2.75, 3.05) is 26.8 Å². The molecule has 1 amide bonds. The molecule has 3 rings (SSSR count). The molecule has 1 heterocycles. The lowest BCUT2D eigenvalue weighted by molar-refractivity contribution is -0.143. The van der Waals surface area contributed by atoms with E-state index in [4.69, 9.17) is 4.74 Å². The van der Waals surface area contributed by atoms with Gasteiger partial charge >= 0.3 is 0 Å². The van der Waals surface area contributed by atoms with Gasteiger partial charge in [-0.25, -0.2) is 4.39 Å². The summed E-state index contributed by atoms with van der Waals surface area (Å²) >= 11 is 0. The van der Waals surface area contributed by atoms with E-state index in [2.05, 4.69) is 0 Å². The summed E-state index contributed by atoms with van der Waals surface area (Å²) in [4.78, 5) is 14.9. The van der Waals surface area contributed by atoms with Crippen LogP contribution in [-0.4, -0.2) is 42.7 Å². The number of amides is 1. The average molecular weight is 335 g/mol. The van der Waals surface area contributed by atoms with Gasteiger partial charge in [-0.05, 0) is 43.4 Å². The molecule has 1 saturated carbocycles. The zero-order valence-corrected chi connectivity index (χ0v) is 14.3. The average Bonchev–Trinajstić information content (AvgIpc) is 3.21. The van der Waals surface area contributed by atoms with Crippen molar-refractivity contribution in [1.82, 2.24) is 4.90 Å². The molecule has 0 radical (unpaired) electrons. The molecule has 24 heavy (non-hydrogen) atoms. The number of nitrogens with zero attached hydrogens (tertiary/aromatic N) is 1. The number of hydrogen-bond donors (Lipinski definition) is 1. The summed E-state index contributed by atoms with van der Waals surface area (Å²) in [6, 6.07) is 5.93. The molecule has 0 spiro atoms. The number of β-amino-alcohol motifs (C(OH)–C–C–N with tert-alkyl or cyclic N) is 1. The predicted molar refractivity (Wildman–Crippen MR) is 88.9 cm³/mol. The molecule has 132 valence electrons. The van der Waals surface area contributed by atoms with Crippen molar-refractivity contribution in [3.05, 3.63) is 35.6 Å². The standard InChI is InChI=1S/C19H26FNO3/c1-24-13-11-18(8-2-3-9-18)17(22)21-12-10-19(23,14-21)15-4-6-16(20)7-5-15/h4-7,23H,2-3,8-14H2,1H3. The van der Waals surface area contributed by atoms with Crippen LogP contribution in [0.1, 0.15) is 44.1 Å². The van der Waals surface area contributed by atoms with Gasteiger partial charge in [0.25, 0.3) is 0 Å². The third-order valence-electron chi connectivity index (χ3n) is 5.72. The summed E-state index contributed by atoms with van der Waals surface area (Å²) in [7, 11) is 1.66. The van der Waals surface area contributed by atoms with E-state index in [9.17, 15) is 14.3 Å². The lowest BCUT2D eigenvalue weighted by Crippen LogP contribution is -2.43. The third kappa shape index (κ3) is 3.20. The molecule has 1 aromatic rings. The molecule has 1 N–H and O–H groups in total. The summed E-state index contributed by atoms with van der Waals surface area (Å²) in [6.07, 6.45) is 5.19. The molecule has 1 atom stereocenters. The van der Waals surface area contributed by atoms with Crippen molar-refractivity contribution in [3.8, 4) is 0 Å². The molecule has 2 aliphatic rings. The number of benzene rings is 1. The quantitative estimate of drug-likeness (QED) is 0.900. The Labute approximate surface area is 142 Å². The monoisotopic (exact) mass is 335 g/mol. The van der Waals surface area contributed by atoms with Crippen molar-refractivity contribution in [1.29, 1.82) is 0 Å². The maximum absolute atomic E-state index is 13.1. The van der Waals surface area contributed by atoms with Crippen LogP contribution in [0.4, 0.5) is 4.39 Å². The summed E-state index contributed by atoms with van der Waals surface area (Å²) < 4.78 is 18.3. The Balaban J connectivity index is 1.74. The third-order valence-corrected chi connectivity index (χ3v) is 5.72. The van der Waals surface area contributed by atoms with Gasteiger partial charge in [-0.2, -0.15) is 0 Å². The van der Waals surface area contributed by atoms with Crippen molar-refractivity contribution < 1.29 is 19.0 Å². The highest BCUT2D eigenvalue weighted by Gasteiger charge is 2.47. The molecule has 1 aliphatic carbocycles. The molecule has 1 aromatic carbocycles. The van der Waals surface area contributed by atoms with Crippen LogP contribution < -0.4 is 0 Å². The molecular weight excluding hydrogens is 309 g/mol. The molecule has 2 fully saturated rings. The Hall–Kier alpha value is -1.46. The van der Waals surface area contributed by atoms with E-state index in [1.807, 2.05) is 0 Å². The molecule has 0 aromatic heterocycles. The topological polar surface area (TPSA) is 49.8 Å². The lowest BCUT2D eigenvalue weighted by atomic mass is 9.81. The number of hydrogen-bond acceptors (Lipinski definition) is 3. The van der Waals surface area contributed by atoms with E-state index in [1.165, 1.54) is 12.1 Å². The van der Waals surface area contributed by atoms with E-state index in [1.54, 1.807) is 24.1 Å². The minimum absolute atomic E-state index is 0.148. The number of methoxy groups -OCH3 is 1. The van der Waals surface area contributed by atoms with Gasteiger partial charge in [-0.15, -0.1) is 0 Å². The first-order chi connectivity index (χ1) is 11.5. The Bertz CT molecular complexity index is 583. The summed E-state index contributed by atoms with van der Waals surface area (Å²) in [6.45, 7) is 1.41. The Morgan fingerprint density at radius 3 is 2.54 bits per heavy atom. The van der Waals surface area contributed by atoms with Gasteiger partial charge in [0.1, 0.15) is 11.4 Å². The number of rotatable bonds is 5. The fourth-order valence-corrected chi connectivity index (χ4v) is 4.22. The molecule has 5 heteroatoms. The Morgan fingerprint density at radius 1 is 1.25 bits per heavy atom. The number of aliphatic hydroxyl groups is 1. The highest BCUT2D eigenvalue weighted by atomic mass is 19.1. The van der Waals surface area contributed by atoms with E-state index in [0.717, 1.165) is 32.1 Å². The van der Waals surface area contributed by atoms with E-state index in [-0.39, 0.29) is 23.7 Å². The first-order valence-corrected chi connectivity index (χ1v) is 8.76. The second kappa shape index (κ2) is 6.81. The second-order valence-electron chi connectivity index (χ2n) is 7.25. The first kappa shape index (κ1) is 17.4. The fourth-order valence-electron chi connectivity index (χ4n) is 4.22. The molecular formula is C19H26FNO3. The van der Waals surface area contributed by atoms with Crippen LogP contribution in [0.5, 0.6) is 0 Å². The van der Waals surface area contributed by atoms with E-state index in [0.29, 0.717) is 25.1 Å². The molecule has 4 nitrogen and oxygen atoms in total. The predicted octanol–water partition coefficient (Wildman–Crippen LogP) is 2.84. The highest BCUT2D eigenvalue weighted by molar-refractivity contribution is 5.83. The maximum Gasteiger partial charge on any atom is 0.228 e. The van der Waals surface area contributed by atoms with Crippen LogP contribution in [0, 0.1) is 11.2 Å². The first-order valence-electron chi connectivity index (χ1n) is 8.76. The summed E-state index contributed by atoms with van der Waals surface area (Å²) in [5, 5.41) is 10.9. The number of ether oxygens (including phenoxy) is 1. The van der Waals surface area contributed by atoms with E-state index >= 15 is 0 Å². The number of carbonyl (C=O) groups excluding carboxylic acids is 1. The Kier molecular flexibility index (Phi) is 4.92. The Morgan fingerprint density at radius 2 is 1.92 bits per heavy atom. The van der Waals surface area contributed by atoms with Crippen LogP contribution in [0.15, 0.2) is 24.3 Å². The number of halogens is 1. The van der Waals surface area contributed by atoms with Crippen LogP contribution in [0.2, 0.25) is 0 Å². The smallest absolute Gasteiger partial charge is 0.228 e. The zero-order valence-electron chi connectivity index (χ0n) is 14.3. The molecule has 1 saturated heterocycles. The molecule has 1 aliphatic heterocycles. The molecule has 0 bridgehead atoms. The van der Waals surface area contributed by atoms with Crippen molar-refractivity contribution in [2.45, 2.75) is 44.1 Å². The SMILES string of the molecule is COCCC1(C(=O)N2CCC(O)(c3ccc(F)cc3)C2)CCCC1. The number of likely N-dealkylation sites (tertiary alicyclic amines) is 1. The van der Waals surface area contributed by atoms with Gasteiger partial charge < -0.3 is 14.7 Å². The lowest BCUT2D eigenvalue weighted by Gasteiger charge is -2.33. The zero-order chi connectivity index (χ0) is 17.2. The van der Waals surface area contributed by atoms with Crippen molar-refractivity contribution in [3.63, 3.8) is 0 Å². The van der Waals surface area contributed by atoms with Crippen LogP contribution in [-0.2, 0) is 15.1 Å². The van der Waals surface area contributed by atoms with E-state index < -0.39 is 5.60 Å². The van der Waals surface area contributed by atoms with Gasteiger partial charge in [-0.3, -0.25) is 4.79 Å².